The Morgan fingerprint density at radius 3 is 1.33 bits per heavy atom. The van der Waals surface area contributed by atoms with Gasteiger partial charge in [0.25, 0.3) is 0 Å². The first-order chi connectivity index (χ1) is 23.6. The van der Waals surface area contributed by atoms with E-state index < -0.39 is 0 Å². The Balaban J connectivity index is 0.000000194. The molecule has 0 aromatic rings. The molecule has 8 rings (SSSR count). The second kappa shape index (κ2) is 15.9. The summed E-state index contributed by atoms with van der Waals surface area (Å²) in [6.45, 7) is 14.5. The van der Waals surface area contributed by atoms with Gasteiger partial charge in [0.1, 0.15) is 0 Å². The van der Waals surface area contributed by atoms with Crippen molar-refractivity contribution in [1.29, 1.82) is 0 Å². The van der Waals surface area contributed by atoms with E-state index in [0.717, 1.165) is 68.5 Å². The third-order valence-electron chi connectivity index (χ3n) is 19.5. The van der Waals surface area contributed by atoms with Gasteiger partial charge in [0.15, 0.2) is 0 Å². The molecule has 6 heteroatoms. The molecule has 0 heterocycles. The lowest BCUT2D eigenvalue weighted by Gasteiger charge is -2.62. The van der Waals surface area contributed by atoms with E-state index in [1.165, 1.54) is 51.4 Å². The van der Waals surface area contributed by atoms with Crippen molar-refractivity contribution in [2.75, 3.05) is 11.9 Å². The monoisotopic (exact) mass is 795 g/mol. The highest BCUT2D eigenvalue weighted by atomic mass is 79.9. The molecule has 0 amide bonds. The van der Waals surface area contributed by atoms with E-state index in [1.807, 2.05) is 0 Å². The van der Waals surface area contributed by atoms with Crippen LogP contribution in [0.1, 0.15) is 159 Å². The lowest BCUT2D eigenvalue weighted by atomic mass is 9.43. The zero-order valence-corrected chi connectivity index (χ0v) is 34.2. The van der Waals surface area contributed by atoms with Crippen molar-refractivity contribution in [1.82, 2.24) is 0 Å². The SMILES string of the molecule is C.C.C[C@H](CBr)[C@H]1CCC2C3CC[C@@H]4C[C@H](O)CC[C@]4(C)C3C[C@H](O)[C@@]21C.C[C@H](CO)[C@H]1CCC2C3CC[C@@H]4C[C@H](O)CC[C@]4(C)C3C[C@H](O)[C@@]21C. The molecule has 304 valence electrons. The molecule has 0 aliphatic heterocycles. The van der Waals surface area contributed by atoms with Crippen LogP contribution in [-0.2, 0) is 0 Å². The third-order valence-corrected chi connectivity index (χ3v) is 20.6. The first-order valence-electron chi connectivity index (χ1n) is 21.5. The van der Waals surface area contributed by atoms with E-state index in [4.69, 9.17) is 0 Å². The number of hydrogen-bond acceptors (Lipinski definition) is 5. The van der Waals surface area contributed by atoms with Crippen LogP contribution >= 0.6 is 15.9 Å². The van der Waals surface area contributed by atoms with E-state index in [2.05, 4.69) is 57.5 Å². The molecule has 8 aliphatic carbocycles. The Labute approximate surface area is 328 Å². The second-order valence-electron chi connectivity index (χ2n) is 21.1. The molecule has 0 aromatic heterocycles. The Morgan fingerprint density at radius 1 is 0.538 bits per heavy atom. The van der Waals surface area contributed by atoms with Crippen LogP contribution in [0, 0.1) is 92.7 Å². The van der Waals surface area contributed by atoms with E-state index >= 15 is 0 Å². The van der Waals surface area contributed by atoms with E-state index in [9.17, 15) is 25.5 Å². The van der Waals surface area contributed by atoms with Crippen LogP contribution in [0.25, 0.3) is 0 Å². The molecule has 8 saturated carbocycles. The summed E-state index contributed by atoms with van der Waals surface area (Å²) >= 11 is 3.71. The maximum Gasteiger partial charge on any atom is 0.0602 e. The molecule has 0 radical (unpaired) electrons. The fourth-order valence-corrected chi connectivity index (χ4v) is 17.0. The standard InChI is InChI=1S/C22H37BrO2.C22H38O3.2CH4/c2*1-13(12-23)17-6-7-18-16-5-4-14-10-15(24)8-9-21(14,2)19(16)11-20(25)22(17,18)3;;/h13-20,24-25H,4-12H2,1-3H3;13-20,23-25H,4-12H2,1-3H3;2*1H4/t2*13-,14-,15-,16?,17-,18?,19?,20+,21+,22-;;/m11../s1. The Morgan fingerprint density at radius 2 is 0.942 bits per heavy atom. The van der Waals surface area contributed by atoms with Crippen molar-refractivity contribution in [2.24, 2.45) is 92.7 Å². The van der Waals surface area contributed by atoms with Crippen molar-refractivity contribution in [3.8, 4) is 0 Å². The molecule has 0 aromatic carbocycles. The highest BCUT2D eigenvalue weighted by Gasteiger charge is 2.65. The molecule has 20 atom stereocenters. The molecule has 5 nitrogen and oxygen atoms in total. The zero-order valence-electron chi connectivity index (χ0n) is 32.6. The van der Waals surface area contributed by atoms with Gasteiger partial charge in [-0.25, -0.2) is 0 Å². The first-order valence-corrected chi connectivity index (χ1v) is 22.7. The predicted octanol–water partition coefficient (Wildman–Crippen LogP) is 9.89. The molecule has 6 unspecified atom stereocenters. The van der Waals surface area contributed by atoms with Gasteiger partial charge in [-0.05, 0) is 195 Å². The number of hydrogen-bond donors (Lipinski definition) is 5. The molecule has 0 saturated heterocycles. The average Bonchev–Trinajstić information content (AvgIpc) is 3.65. The fraction of sp³-hybridized carbons (Fsp3) is 1.00. The van der Waals surface area contributed by atoms with Gasteiger partial charge in [-0.15, -0.1) is 0 Å². The van der Waals surface area contributed by atoms with Crippen molar-refractivity contribution < 1.29 is 25.5 Å². The summed E-state index contributed by atoms with van der Waals surface area (Å²) in [6, 6.07) is 0. The van der Waals surface area contributed by atoms with Crippen molar-refractivity contribution in [3.05, 3.63) is 0 Å². The number of alkyl halides is 1. The summed E-state index contributed by atoms with van der Waals surface area (Å²) in [5, 5.41) is 53.8. The van der Waals surface area contributed by atoms with E-state index in [0.29, 0.717) is 64.1 Å². The summed E-state index contributed by atoms with van der Waals surface area (Å²) in [5.41, 5.74) is 0.765. The lowest BCUT2D eigenvalue weighted by molar-refractivity contribution is -0.175. The lowest BCUT2D eigenvalue weighted by Crippen LogP contribution is -2.58. The van der Waals surface area contributed by atoms with Crippen LogP contribution in [0.3, 0.4) is 0 Å². The molecular weight excluding hydrogens is 712 g/mol. The van der Waals surface area contributed by atoms with Crippen molar-refractivity contribution in [3.63, 3.8) is 0 Å². The molecule has 52 heavy (non-hydrogen) atoms. The minimum atomic E-state index is -0.234. The maximum atomic E-state index is 11.4. The fourth-order valence-electron chi connectivity index (χ4n) is 16.6. The molecule has 0 bridgehead atoms. The predicted molar refractivity (Wildman–Crippen MR) is 218 cm³/mol. The van der Waals surface area contributed by atoms with E-state index in [-0.39, 0.29) is 62.6 Å². The topological polar surface area (TPSA) is 101 Å². The number of halogens is 1. The Hall–Kier alpha value is 0.280. The highest BCUT2D eigenvalue weighted by molar-refractivity contribution is 9.09. The first kappa shape index (κ1) is 43.4. The van der Waals surface area contributed by atoms with Crippen LogP contribution in [0.2, 0.25) is 0 Å². The second-order valence-corrected chi connectivity index (χ2v) is 21.7. The van der Waals surface area contributed by atoms with Gasteiger partial charge in [-0.2, -0.15) is 0 Å². The van der Waals surface area contributed by atoms with Crippen molar-refractivity contribution in [2.45, 2.75) is 184 Å². The summed E-state index contributed by atoms with van der Waals surface area (Å²) in [7, 11) is 0. The van der Waals surface area contributed by atoms with Gasteiger partial charge in [-0.3, -0.25) is 0 Å². The largest absolute Gasteiger partial charge is 0.396 e. The number of fused-ring (bicyclic) bond motifs is 10. The van der Waals surface area contributed by atoms with Crippen LogP contribution in [0.5, 0.6) is 0 Å². The average molecular weight is 796 g/mol. The van der Waals surface area contributed by atoms with Gasteiger partial charge in [0.2, 0.25) is 0 Å². The maximum absolute atomic E-state index is 11.4. The normalized spacial score (nSPS) is 54.5. The number of aliphatic hydroxyl groups is 5. The number of aliphatic hydroxyl groups excluding tert-OH is 5. The van der Waals surface area contributed by atoms with Crippen LogP contribution in [0.15, 0.2) is 0 Å². The summed E-state index contributed by atoms with van der Waals surface area (Å²) in [5.74, 6) is 7.52. The molecule has 0 spiro atoms. The quantitative estimate of drug-likeness (QED) is 0.183. The van der Waals surface area contributed by atoms with Gasteiger partial charge >= 0.3 is 0 Å². The smallest absolute Gasteiger partial charge is 0.0602 e. The minimum Gasteiger partial charge on any atom is -0.396 e. The van der Waals surface area contributed by atoms with Crippen LogP contribution in [-0.4, -0.2) is 61.9 Å². The highest BCUT2D eigenvalue weighted by Crippen LogP contribution is 2.70. The third kappa shape index (κ3) is 6.57. The molecular formula is C46H83BrO5. The summed E-state index contributed by atoms with van der Waals surface area (Å²) < 4.78 is 0. The van der Waals surface area contributed by atoms with Gasteiger partial charge in [0.05, 0.1) is 24.4 Å². The summed E-state index contributed by atoms with van der Waals surface area (Å²) in [4.78, 5) is 0. The molecule has 8 aliphatic rings. The van der Waals surface area contributed by atoms with Crippen molar-refractivity contribution >= 4 is 15.9 Å². The van der Waals surface area contributed by atoms with Gasteiger partial charge < -0.3 is 25.5 Å². The molecule has 8 fully saturated rings. The van der Waals surface area contributed by atoms with Crippen LogP contribution in [0.4, 0.5) is 0 Å². The minimum absolute atomic E-state index is 0. The zero-order chi connectivity index (χ0) is 36.0. The molecule has 5 N–H and O–H groups in total. The Bertz CT molecular complexity index is 1110. The van der Waals surface area contributed by atoms with Gasteiger partial charge in [-0.1, -0.05) is 72.3 Å². The number of rotatable bonds is 4. The van der Waals surface area contributed by atoms with Gasteiger partial charge in [0, 0.05) is 11.9 Å². The van der Waals surface area contributed by atoms with E-state index in [1.54, 1.807) is 0 Å². The Kier molecular flexibility index (Phi) is 13.3. The van der Waals surface area contributed by atoms with Crippen LogP contribution < -0.4 is 0 Å². The summed E-state index contributed by atoms with van der Waals surface area (Å²) in [6.07, 6.45) is 17.8.